The fraction of sp³-hybridized carbons (Fsp3) is 0.286. The van der Waals surface area contributed by atoms with Crippen LogP contribution in [0.3, 0.4) is 0 Å². The minimum atomic E-state index is 0.758. The maximum Gasteiger partial charge on any atom is 0.117 e. The van der Waals surface area contributed by atoms with Gasteiger partial charge in [-0.1, -0.05) is 0 Å². The molecule has 1 rings (SSSR count). The maximum atomic E-state index is 4.28. The van der Waals surface area contributed by atoms with E-state index in [-0.39, 0.29) is 0 Å². The van der Waals surface area contributed by atoms with E-state index in [0.717, 1.165) is 22.4 Å². The molecule has 1 aromatic rings. The van der Waals surface area contributed by atoms with Gasteiger partial charge < -0.3 is 5.73 Å². The topological polar surface area (TPSA) is 40.5 Å². The van der Waals surface area contributed by atoms with E-state index in [1.807, 2.05) is 19.1 Å². The molecule has 0 atom stereocenters. The Morgan fingerprint density at radius 3 is 2.80 bits per heavy atom. The van der Waals surface area contributed by atoms with Gasteiger partial charge in [-0.3, -0.25) is 4.98 Å². The van der Waals surface area contributed by atoms with Crippen LogP contribution in [-0.2, 0) is 6.54 Å². The highest BCUT2D eigenvalue weighted by molar-refractivity contribution is 9.10. The maximum absolute atomic E-state index is 4.28. The number of aryl methyl sites for hydroxylation is 1. The van der Waals surface area contributed by atoms with Gasteiger partial charge >= 0.3 is 0 Å². The van der Waals surface area contributed by atoms with Crippen molar-refractivity contribution < 1.29 is 5.73 Å². The Balaban J connectivity index is 3.04. The van der Waals surface area contributed by atoms with Crippen molar-refractivity contribution in [2.45, 2.75) is 13.5 Å². The van der Waals surface area contributed by atoms with Crippen LogP contribution in [0.5, 0.6) is 0 Å². The standard InChI is InChI=1S/C7H9BrN2/c1-5-7(8)3-2-6(4-9)10-5/h2-3H,4,9H2,1H3/p+1. The summed E-state index contributed by atoms with van der Waals surface area (Å²) in [6.07, 6.45) is 0. The van der Waals surface area contributed by atoms with Crippen LogP contribution in [0.25, 0.3) is 0 Å². The molecular formula is C7H10BrN2+. The number of halogens is 1. The van der Waals surface area contributed by atoms with Gasteiger partial charge in [0.2, 0.25) is 0 Å². The first-order valence-electron chi connectivity index (χ1n) is 3.15. The van der Waals surface area contributed by atoms with Crippen LogP contribution in [0.4, 0.5) is 0 Å². The first-order valence-corrected chi connectivity index (χ1v) is 3.94. The molecule has 0 aliphatic rings. The van der Waals surface area contributed by atoms with Crippen molar-refractivity contribution in [2.24, 2.45) is 0 Å². The van der Waals surface area contributed by atoms with Gasteiger partial charge in [0.1, 0.15) is 6.54 Å². The van der Waals surface area contributed by atoms with Crippen molar-refractivity contribution in [1.82, 2.24) is 4.98 Å². The van der Waals surface area contributed by atoms with Gasteiger partial charge in [-0.2, -0.15) is 0 Å². The first-order chi connectivity index (χ1) is 4.74. The lowest BCUT2D eigenvalue weighted by Gasteiger charge is -1.97. The Kier molecular flexibility index (Phi) is 2.40. The molecule has 54 valence electrons. The van der Waals surface area contributed by atoms with Crippen molar-refractivity contribution in [1.29, 1.82) is 0 Å². The second-order valence-corrected chi connectivity index (χ2v) is 2.97. The van der Waals surface area contributed by atoms with Crippen molar-refractivity contribution in [3.63, 3.8) is 0 Å². The average molecular weight is 202 g/mol. The van der Waals surface area contributed by atoms with Crippen LogP contribution in [0, 0.1) is 6.92 Å². The molecule has 3 heteroatoms. The summed E-state index contributed by atoms with van der Waals surface area (Å²) in [5, 5.41) is 0. The zero-order chi connectivity index (χ0) is 7.56. The van der Waals surface area contributed by atoms with Gasteiger partial charge in [0.05, 0.1) is 11.4 Å². The van der Waals surface area contributed by atoms with Gasteiger partial charge in [0.15, 0.2) is 0 Å². The van der Waals surface area contributed by atoms with E-state index in [0.29, 0.717) is 0 Å². The number of quaternary nitrogens is 1. The number of pyridine rings is 1. The third-order valence-electron chi connectivity index (χ3n) is 1.34. The first kappa shape index (κ1) is 7.69. The molecule has 1 heterocycles. The number of hydrogen-bond acceptors (Lipinski definition) is 1. The summed E-state index contributed by atoms with van der Waals surface area (Å²) in [5.74, 6) is 0. The van der Waals surface area contributed by atoms with E-state index >= 15 is 0 Å². The highest BCUT2D eigenvalue weighted by atomic mass is 79.9. The summed E-state index contributed by atoms with van der Waals surface area (Å²) in [6, 6.07) is 3.98. The van der Waals surface area contributed by atoms with Crippen LogP contribution in [0.2, 0.25) is 0 Å². The van der Waals surface area contributed by atoms with Crippen LogP contribution in [0.1, 0.15) is 11.4 Å². The zero-order valence-corrected chi connectivity index (χ0v) is 7.48. The minimum absolute atomic E-state index is 0.758. The predicted octanol–water partition coefficient (Wildman–Crippen LogP) is 0.894. The predicted molar refractivity (Wildman–Crippen MR) is 43.3 cm³/mol. The fourth-order valence-corrected chi connectivity index (χ4v) is 0.956. The minimum Gasteiger partial charge on any atom is -0.353 e. The van der Waals surface area contributed by atoms with Gasteiger partial charge in [-0.15, -0.1) is 0 Å². The molecule has 2 nitrogen and oxygen atoms in total. The second kappa shape index (κ2) is 3.12. The average Bonchev–Trinajstić information content (AvgIpc) is 1.95. The van der Waals surface area contributed by atoms with Crippen LogP contribution >= 0.6 is 15.9 Å². The molecule has 0 saturated heterocycles. The SMILES string of the molecule is Cc1nc(C[NH3+])ccc1Br. The largest absolute Gasteiger partial charge is 0.353 e. The lowest BCUT2D eigenvalue weighted by atomic mass is 10.3. The number of hydrogen-bond donors (Lipinski definition) is 1. The summed E-state index contributed by atoms with van der Waals surface area (Å²) in [4.78, 5) is 4.28. The summed E-state index contributed by atoms with van der Waals surface area (Å²) < 4.78 is 1.06. The third kappa shape index (κ3) is 1.55. The van der Waals surface area contributed by atoms with Crippen LogP contribution in [0.15, 0.2) is 16.6 Å². The Bertz CT molecular complexity index is 235. The van der Waals surface area contributed by atoms with Gasteiger partial charge in [-0.05, 0) is 35.0 Å². The molecule has 0 radical (unpaired) electrons. The van der Waals surface area contributed by atoms with Crippen molar-refractivity contribution in [3.8, 4) is 0 Å². The summed E-state index contributed by atoms with van der Waals surface area (Å²) in [6.45, 7) is 2.73. The fourth-order valence-electron chi connectivity index (χ4n) is 0.735. The summed E-state index contributed by atoms with van der Waals surface area (Å²) in [7, 11) is 0. The number of rotatable bonds is 1. The monoisotopic (exact) mass is 201 g/mol. The Hall–Kier alpha value is -0.410. The van der Waals surface area contributed by atoms with E-state index in [1.54, 1.807) is 0 Å². The zero-order valence-electron chi connectivity index (χ0n) is 5.89. The molecule has 0 saturated carbocycles. The molecule has 0 aliphatic carbocycles. The number of nitrogens with zero attached hydrogens (tertiary/aromatic N) is 1. The molecule has 0 spiro atoms. The molecule has 0 amide bonds. The van der Waals surface area contributed by atoms with E-state index < -0.39 is 0 Å². The summed E-state index contributed by atoms with van der Waals surface area (Å²) >= 11 is 3.38. The van der Waals surface area contributed by atoms with Crippen molar-refractivity contribution in [2.75, 3.05) is 0 Å². The van der Waals surface area contributed by atoms with E-state index in [1.165, 1.54) is 0 Å². The normalized spacial score (nSPS) is 9.90. The highest BCUT2D eigenvalue weighted by Gasteiger charge is 1.96. The molecule has 0 bridgehead atoms. The lowest BCUT2D eigenvalue weighted by molar-refractivity contribution is -0.387. The van der Waals surface area contributed by atoms with Gasteiger partial charge in [0, 0.05) is 4.47 Å². The molecule has 0 aromatic carbocycles. The molecule has 0 fully saturated rings. The second-order valence-electron chi connectivity index (χ2n) is 2.12. The Morgan fingerprint density at radius 2 is 2.30 bits per heavy atom. The Labute approximate surface area is 68.6 Å². The highest BCUT2D eigenvalue weighted by Crippen LogP contribution is 2.12. The van der Waals surface area contributed by atoms with E-state index in [2.05, 4.69) is 26.6 Å². The number of aromatic nitrogens is 1. The van der Waals surface area contributed by atoms with Gasteiger partial charge in [-0.25, -0.2) is 0 Å². The quantitative estimate of drug-likeness (QED) is 0.721. The molecule has 10 heavy (non-hydrogen) atoms. The summed E-state index contributed by atoms with van der Waals surface area (Å²) in [5.41, 5.74) is 5.82. The Morgan fingerprint density at radius 1 is 1.60 bits per heavy atom. The van der Waals surface area contributed by atoms with Crippen LogP contribution in [-0.4, -0.2) is 4.98 Å². The van der Waals surface area contributed by atoms with Crippen LogP contribution < -0.4 is 5.73 Å². The third-order valence-corrected chi connectivity index (χ3v) is 2.17. The van der Waals surface area contributed by atoms with E-state index in [4.69, 9.17) is 0 Å². The lowest BCUT2D eigenvalue weighted by Crippen LogP contribution is -2.47. The molecule has 0 aliphatic heterocycles. The van der Waals surface area contributed by atoms with Crippen molar-refractivity contribution in [3.05, 3.63) is 28.0 Å². The van der Waals surface area contributed by atoms with E-state index in [9.17, 15) is 0 Å². The van der Waals surface area contributed by atoms with Gasteiger partial charge in [0.25, 0.3) is 0 Å². The van der Waals surface area contributed by atoms with Crippen molar-refractivity contribution >= 4 is 15.9 Å². The smallest absolute Gasteiger partial charge is 0.117 e. The molecule has 1 aromatic heterocycles. The molecule has 3 N–H and O–H groups in total. The molecular weight excluding hydrogens is 192 g/mol. The molecule has 0 unspecified atom stereocenters.